The van der Waals surface area contributed by atoms with E-state index in [1.165, 1.54) is 13.2 Å². The van der Waals surface area contributed by atoms with E-state index in [4.69, 9.17) is 4.74 Å². The van der Waals surface area contributed by atoms with Crippen molar-refractivity contribution < 1.29 is 23.5 Å². The van der Waals surface area contributed by atoms with E-state index < -0.39 is 24.4 Å². The van der Waals surface area contributed by atoms with E-state index in [9.17, 15) is 18.8 Å². The number of hydrogen-bond acceptors (Lipinski definition) is 4. The second kappa shape index (κ2) is 9.98. The average Bonchev–Trinajstić information content (AvgIpc) is 3.37. The molecule has 2 heterocycles. The van der Waals surface area contributed by atoms with Gasteiger partial charge in [-0.25, -0.2) is 14.1 Å². The summed E-state index contributed by atoms with van der Waals surface area (Å²) in [5.41, 5.74) is 2.53. The number of imide groups is 1. The lowest BCUT2D eigenvalue weighted by Gasteiger charge is -2.13. The number of halogens is 1. The molecule has 2 N–H and O–H groups in total. The predicted octanol–water partition coefficient (Wildman–Crippen LogP) is 4.37. The summed E-state index contributed by atoms with van der Waals surface area (Å²) in [6, 6.07) is 20.2. The van der Waals surface area contributed by atoms with Crippen molar-refractivity contribution in [3.05, 3.63) is 102 Å². The van der Waals surface area contributed by atoms with Gasteiger partial charge in [0, 0.05) is 28.2 Å². The first-order chi connectivity index (χ1) is 17.9. The highest BCUT2D eigenvalue weighted by atomic mass is 19.1. The molecule has 1 aliphatic rings. The molecular formula is C28H23FN4O4. The van der Waals surface area contributed by atoms with E-state index in [0.717, 1.165) is 15.8 Å². The van der Waals surface area contributed by atoms with Crippen LogP contribution in [0.2, 0.25) is 0 Å². The van der Waals surface area contributed by atoms with E-state index in [1.54, 1.807) is 54.7 Å². The zero-order chi connectivity index (χ0) is 25.9. The number of carbonyl (C=O) groups is 3. The van der Waals surface area contributed by atoms with Crippen LogP contribution in [-0.2, 0) is 16.1 Å². The van der Waals surface area contributed by atoms with Gasteiger partial charge in [-0.05, 0) is 30.3 Å². The van der Waals surface area contributed by atoms with Gasteiger partial charge in [-0.2, -0.15) is 0 Å². The van der Waals surface area contributed by atoms with Gasteiger partial charge in [-0.15, -0.1) is 0 Å². The number of anilines is 1. The Balaban J connectivity index is 1.38. The number of nitrogens with zero attached hydrogens (tertiary/aromatic N) is 2. The Bertz CT molecular complexity index is 1560. The Morgan fingerprint density at radius 1 is 1.03 bits per heavy atom. The van der Waals surface area contributed by atoms with Crippen LogP contribution in [-0.4, -0.2) is 41.0 Å². The van der Waals surface area contributed by atoms with E-state index in [0.29, 0.717) is 29.1 Å². The summed E-state index contributed by atoms with van der Waals surface area (Å²) in [5, 5.41) is 6.04. The molecule has 0 spiro atoms. The van der Waals surface area contributed by atoms with Gasteiger partial charge in [0.2, 0.25) is 5.91 Å². The molecule has 0 saturated carbocycles. The molecule has 1 fully saturated rings. The van der Waals surface area contributed by atoms with Crippen molar-refractivity contribution >= 4 is 40.5 Å². The third-order valence-corrected chi connectivity index (χ3v) is 6.06. The number of hydrogen-bond donors (Lipinski definition) is 2. The largest absolute Gasteiger partial charge is 0.495 e. The van der Waals surface area contributed by atoms with Crippen molar-refractivity contribution in [2.75, 3.05) is 19.0 Å². The molecular weight excluding hydrogens is 475 g/mol. The Hall–Kier alpha value is -4.92. The molecule has 9 heteroatoms. The Morgan fingerprint density at radius 2 is 1.76 bits per heavy atom. The van der Waals surface area contributed by atoms with E-state index in [1.807, 2.05) is 28.8 Å². The number of ether oxygens (including phenoxy) is 1. The van der Waals surface area contributed by atoms with Gasteiger partial charge in [-0.1, -0.05) is 48.5 Å². The van der Waals surface area contributed by atoms with Crippen LogP contribution >= 0.6 is 0 Å². The maximum atomic E-state index is 14.3. The Kier molecular flexibility index (Phi) is 6.42. The molecule has 186 valence electrons. The fourth-order valence-corrected chi connectivity index (χ4v) is 4.28. The number of carbonyl (C=O) groups excluding carboxylic acids is 3. The van der Waals surface area contributed by atoms with Crippen LogP contribution in [0.25, 0.3) is 17.0 Å². The number of urea groups is 1. The number of aromatic nitrogens is 1. The van der Waals surface area contributed by atoms with Crippen molar-refractivity contribution in [3.8, 4) is 5.75 Å². The monoisotopic (exact) mass is 498 g/mol. The van der Waals surface area contributed by atoms with Crippen LogP contribution in [0.15, 0.2) is 84.7 Å². The van der Waals surface area contributed by atoms with Crippen molar-refractivity contribution in [1.29, 1.82) is 0 Å². The maximum Gasteiger partial charge on any atom is 0.329 e. The molecule has 5 rings (SSSR count). The quantitative estimate of drug-likeness (QED) is 0.292. The van der Waals surface area contributed by atoms with Crippen LogP contribution < -0.4 is 15.4 Å². The number of nitrogens with one attached hydrogen (secondary N) is 2. The molecule has 0 bridgehead atoms. The highest BCUT2D eigenvalue weighted by molar-refractivity contribution is 6.16. The number of methoxy groups -OCH3 is 1. The smallest absolute Gasteiger partial charge is 0.329 e. The summed E-state index contributed by atoms with van der Waals surface area (Å²) >= 11 is 0. The van der Waals surface area contributed by atoms with Crippen LogP contribution in [0.4, 0.5) is 14.9 Å². The molecule has 0 unspecified atom stereocenters. The summed E-state index contributed by atoms with van der Waals surface area (Å²) in [6.07, 6.45) is 3.37. The van der Waals surface area contributed by atoms with Crippen molar-refractivity contribution in [1.82, 2.24) is 14.8 Å². The number of rotatable bonds is 7. The van der Waals surface area contributed by atoms with Crippen LogP contribution in [0.1, 0.15) is 11.1 Å². The number of fused-ring (bicyclic) bond motifs is 1. The van der Waals surface area contributed by atoms with Gasteiger partial charge in [0.25, 0.3) is 5.91 Å². The highest BCUT2D eigenvalue weighted by Crippen LogP contribution is 2.26. The van der Waals surface area contributed by atoms with Gasteiger partial charge in [0.05, 0.1) is 19.3 Å². The molecule has 8 nitrogen and oxygen atoms in total. The van der Waals surface area contributed by atoms with E-state index in [-0.39, 0.29) is 11.5 Å². The molecule has 1 saturated heterocycles. The first-order valence-corrected chi connectivity index (χ1v) is 11.5. The standard InChI is InChI=1S/C28H23FN4O4/c1-37-25-13-7-5-11-22(25)30-26(34)17-33-27(35)23(31-28(33)36)14-19-16-32(24-12-6-3-9-20(19)24)15-18-8-2-4-10-21(18)29/h2-14,16H,15,17H2,1H3,(H,30,34)(H,31,36)/b23-14+. The molecule has 4 aromatic rings. The molecule has 1 aliphatic heterocycles. The van der Waals surface area contributed by atoms with Gasteiger partial charge in [0.15, 0.2) is 0 Å². The van der Waals surface area contributed by atoms with Gasteiger partial charge in [0.1, 0.15) is 23.8 Å². The van der Waals surface area contributed by atoms with Crippen LogP contribution in [0.3, 0.4) is 0 Å². The summed E-state index contributed by atoms with van der Waals surface area (Å²) in [6.45, 7) is -0.166. The fourth-order valence-electron chi connectivity index (χ4n) is 4.28. The van der Waals surface area contributed by atoms with Gasteiger partial charge < -0.3 is 19.9 Å². The Morgan fingerprint density at radius 3 is 2.57 bits per heavy atom. The molecule has 4 amide bonds. The van der Waals surface area contributed by atoms with Crippen LogP contribution in [0.5, 0.6) is 5.75 Å². The summed E-state index contributed by atoms with van der Waals surface area (Å²) in [7, 11) is 1.48. The van der Waals surface area contributed by atoms with Gasteiger partial charge in [-0.3, -0.25) is 9.59 Å². The van der Waals surface area contributed by atoms with Crippen molar-refractivity contribution in [2.45, 2.75) is 6.54 Å². The topological polar surface area (TPSA) is 92.7 Å². The third kappa shape index (κ3) is 4.79. The number of amides is 4. The summed E-state index contributed by atoms with van der Waals surface area (Å²) < 4.78 is 21.4. The molecule has 0 aliphatic carbocycles. The Labute approximate surface area is 211 Å². The maximum absolute atomic E-state index is 14.3. The molecule has 0 radical (unpaired) electrons. The van der Waals surface area contributed by atoms with Crippen molar-refractivity contribution in [2.24, 2.45) is 0 Å². The first kappa shape index (κ1) is 23.8. The minimum atomic E-state index is -0.693. The number of benzene rings is 3. The minimum Gasteiger partial charge on any atom is -0.495 e. The highest BCUT2D eigenvalue weighted by Gasteiger charge is 2.35. The summed E-state index contributed by atoms with van der Waals surface area (Å²) in [4.78, 5) is 39.0. The molecule has 37 heavy (non-hydrogen) atoms. The second-order valence-corrected chi connectivity index (χ2v) is 8.45. The normalized spacial score (nSPS) is 14.3. The average molecular weight is 499 g/mol. The van der Waals surface area contributed by atoms with Crippen molar-refractivity contribution in [3.63, 3.8) is 0 Å². The predicted molar refractivity (Wildman–Crippen MR) is 137 cm³/mol. The zero-order valence-corrected chi connectivity index (χ0v) is 19.9. The van der Waals surface area contributed by atoms with Gasteiger partial charge >= 0.3 is 6.03 Å². The lowest BCUT2D eigenvalue weighted by atomic mass is 10.1. The summed E-state index contributed by atoms with van der Waals surface area (Å²) in [5.74, 6) is -1.01. The van der Waals surface area contributed by atoms with E-state index in [2.05, 4.69) is 10.6 Å². The zero-order valence-electron chi connectivity index (χ0n) is 19.9. The third-order valence-electron chi connectivity index (χ3n) is 6.06. The van der Waals surface area contributed by atoms with Crippen LogP contribution in [0, 0.1) is 5.82 Å². The number of para-hydroxylation sites is 3. The lowest BCUT2D eigenvalue weighted by Crippen LogP contribution is -2.38. The molecule has 3 aromatic carbocycles. The molecule has 1 aromatic heterocycles. The SMILES string of the molecule is COc1ccccc1NC(=O)CN1C(=O)N/C(=C/c2cn(Cc3ccccc3F)c3ccccc23)C1=O. The molecule has 0 atom stereocenters. The second-order valence-electron chi connectivity index (χ2n) is 8.45. The lowest BCUT2D eigenvalue weighted by molar-refractivity contribution is -0.127. The van der Waals surface area contributed by atoms with E-state index >= 15 is 0 Å². The fraction of sp³-hybridized carbons (Fsp3) is 0.107. The first-order valence-electron chi connectivity index (χ1n) is 11.5. The minimum absolute atomic E-state index is 0.0453.